The lowest BCUT2D eigenvalue weighted by molar-refractivity contribution is 0.192. The van der Waals surface area contributed by atoms with Gasteiger partial charge in [-0.05, 0) is 22.4 Å². The summed E-state index contributed by atoms with van der Waals surface area (Å²) in [5.74, 6) is -0.929. The van der Waals surface area contributed by atoms with Gasteiger partial charge in [0.25, 0.3) is 0 Å². The first-order valence-electron chi connectivity index (χ1n) is 7.20. The second kappa shape index (κ2) is 6.73. The summed E-state index contributed by atoms with van der Waals surface area (Å²) in [6.07, 6.45) is 0. The number of hydrogen-bond donors (Lipinski definition) is 1. The monoisotopic (exact) mass is 324 g/mol. The Morgan fingerprint density at radius 2 is 1.91 bits per heavy atom. The van der Waals surface area contributed by atoms with Gasteiger partial charge in [0.05, 0.1) is 13.2 Å². The van der Waals surface area contributed by atoms with Gasteiger partial charge in [-0.25, -0.2) is 8.78 Å². The van der Waals surface area contributed by atoms with E-state index in [2.05, 4.69) is 10.2 Å². The quantitative estimate of drug-likeness (QED) is 0.936. The van der Waals surface area contributed by atoms with Crippen LogP contribution in [0.2, 0.25) is 0 Å². The Kier molecular flexibility index (Phi) is 4.71. The van der Waals surface area contributed by atoms with E-state index in [1.807, 2.05) is 16.8 Å². The van der Waals surface area contributed by atoms with Crippen LogP contribution in [0.4, 0.5) is 8.78 Å². The number of thiophene rings is 1. The molecule has 0 aliphatic carbocycles. The van der Waals surface area contributed by atoms with Crippen molar-refractivity contribution in [1.82, 2.24) is 10.2 Å². The highest BCUT2D eigenvalue weighted by molar-refractivity contribution is 7.08. The predicted octanol–water partition coefficient (Wildman–Crippen LogP) is 3.03. The molecule has 118 valence electrons. The molecule has 0 unspecified atom stereocenters. The molecule has 0 radical (unpaired) electrons. The first-order valence-corrected chi connectivity index (χ1v) is 8.15. The highest BCUT2D eigenvalue weighted by atomic mass is 32.1. The summed E-state index contributed by atoms with van der Waals surface area (Å²) in [4.78, 5) is 2.12. The lowest BCUT2D eigenvalue weighted by Crippen LogP contribution is -2.45. The average molecular weight is 324 g/mol. The van der Waals surface area contributed by atoms with Gasteiger partial charge in [0.2, 0.25) is 0 Å². The van der Waals surface area contributed by atoms with Crippen LogP contribution >= 0.6 is 11.3 Å². The number of ether oxygens (including phenoxy) is 1. The van der Waals surface area contributed by atoms with Gasteiger partial charge in [0, 0.05) is 43.9 Å². The Labute approximate surface area is 132 Å². The van der Waals surface area contributed by atoms with E-state index in [4.69, 9.17) is 4.74 Å². The van der Waals surface area contributed by atoms with Crippen LogP contribution < -0.4 is 10.1 Å². The molecule has 3 rings (SSSR count). The average Bonchev–Trinajstić information content (AvgIpc) is 3.05. The van der Waals surface area contributed by atoms with E-state index < -0.39 is 17.7 Å². The summed E-state index contributed by atoms with van der Waals surface area (Å²) in [7, 11) is 1.40. The zero-order valence-electron chi connectivity index (χ0n) is 12.3. The molecule has 0 saturated carbocycles. The summed E-state index contributed by atoms with van der Waals surface area (Å²) in [5.41, 5.74) is 1.02. The fraction of sp³-hybridized carbons (Fsp3) is 0.375. The van der Waals surface area contributed by atoms with Crippen LogP contribution in [0.3, 0.4) is 0 Å². The topological polar surface area (TPSA) is 24.5 Å². The van der Waals surface area contributed by atoms with Crippen molar-refractivity contribution < 1.29 is 13.5 Å². The fourth-order valence-electron chi connectivity index (χ4n) is 2.87. The maximum Gasteiger partial charge on any atom is 0.134 e. The number of benzene rings is 1. The lowest BCUT2D eigenvalue weighted by Gasteiger charge is -2.35. The van der Waals surface area contributed by atoms with Crippen molar-refractivity contribution >= 4 is 11.3 Å². The number of nitrogens with one attached hydrogen (secondary N) is 1. The lowest BCUT2D eigenvalue weighted by atomic mass is 9.97. The Morgan fingerprint density at radius 1 is 1.23 bits per heavy atom. The number of piperazine rings is 1. The van der Waals surface area contributed by atoms with Gasteiger partial charge >= 0.3 is 0 Å². The number of nitrogens with zero attached hydrogens (tertiary/aromatic N) is 1. The summed E-state index contributed by atoms with van der Waals surface area (Å²) < 4.78 is 34.0. The van der Waals surface area contributed by atoms with Crippen molar-refractivity contribution in [3.05, 3.63) is 51.7 Å². The SMILES string of the molecule is COc1cc(F)c([C@@H](c2ccsc2)N2CCNCC2)c(F)c1. The Bertz CT molecular complexity index is 604. The number of hydrogen-bond acceptors (Lipinski definition) is 4. The van der Waals surface area contributed by atoms with E-state index in [0.717, 1.165) is 31.7 Å². The van der Waals surface area contributed by atoms with Crippen LogP contribution in [0.5, 0.6) is 5.75 Å². The van der Waals surface area contributed by atoms with Crippen LogP contribution in [-0.4, -0.2) is 38.2 Å². The first kappa shape index (κ1) is 15.4. The first-order chi connectivity index (χ1) is 10.7. The molecule has 2 heterocycles. The van der Waals surface area contributed by atoms with Crippen molar-refractivity contribution in [3.63, 3.8) is 0 Å². The molecule has 1 aliphatic heterocycles. The van der Waals surface area contributed by atoms with E-state index in [-0.39, 0.29) is 11.3 Å². The maximum atomic E-state index is 14.5. The molecule has 1 atom stereocenters. The van der Waals surface area contributed by atoms with Crippen LogP contribution in [0.1, 0.15) is 17.2 Å². The zero-order valence-corrected chi connectivity index (χ0v) is 13.1. The second-order valence-corrected chi connectivity index (χ2v) is 6.03. The van der Waals surface area contributed by atoms with Crippen LogP contribution in [0.25, 0.3) is 0 Å². The van der Waals surface area contributed by atoms with E-state index in [0.29, 0.717) is 0 Å². The molecule has 1 aliphatic rings. The third kappa shape index (κ3) is 2.99. The number of methoxy groups -OCH3 is 1. The fourth-order valence-corrected chi connectivity index (χ4v) is 3.55. The predicted molar refractivity (Wildman–Crippen MR) is 83.5 cm³/mol. The van der Waals surface area contributed by atoms with E-state index in [1.54, 1.807) is 0 Å². The molecule has 3 nitrogen and oxygen atoms in total. The molecule has 0 spiro atoms. The molecule has 2 aromatic rings. The van der Waals surface area contributed by atoms with Crippen molar-refractivity contribution in [1.29, 1.82) is 0 Å². The molecular formula is C16H18F2N2OS. The second-order valence-electron chi connectivity index (χ2n) is 5.25. The zero-order chi connectivity index (χ0) is 15.5. The van der Waals surface area contributed by atoms with E-state index in [1.165, 1.54) is 30.6 Å². The molecule has 1 fully saturated rings. The summed E-state index contributed by atoms with van der Waals surface area (Å²) in [6, 6.07) is 4.03. The highest BCUT2D eigenvalue weighted by Crippen LogP contribution is 2.35. The minimum absolute atomic E-state index is 0.0982. The summed E-state index contributed by atoms with van der Waals surface area (Å²) in [5, 5.41) is 7.16. The Morgan fingerprint density at radius 3 is 2.45 bits per heavy atom. The van der Waals surface area contributed by atoms with Gasteiger partial charge in [-0.15, -0.1) is 0 Å². The van der Waals surface area contributed by atoms with Crippen LogP contribution in [-0.2, 0) is 0 Å². The molecular weight excluding hydrogens is 306 g/mol. The van der Waals surface area contributed by atoms with Crippen LogP contribution in [0.15, 0.2) is 29.0 Å². The summed E-state index contributed by atoms with van der Waals surface area (Å²) in [6.45, 7) is 3.15. The third-order valence-corrected chi connectivity index (χ3v) is 4.64. The third-order valence-electron chi connectivity index (χ3n) is 3.94. The van der Waals surface area contributed by atoms with Gasteiger partial charge in [-0.2, -0.15) is 11.3 Å². The molecule has 1 N–H and O–H groups in total. The molecule has 0 bridgehead atoms. The van der Waals surface area contributed by atoms with Crippen molar-refractivity contribution in [2.75, 3.05) is 33.3 Å². The molecule has 6 heteroatoms. The van der Waals surface area contributed by atoms with Gasteiger partial charge in [0.15, 0.2) is 0 Å². The van der Waals surface area contributed by atoms with Gasteiger partial charge in [0.1, 0.15) is 17.4 Å². The molecule has 1 aromatic heterocycles. The van der Waals surface area contributed by atoms with Gasteiger partial charge in [-0.3, -0.25) is 4.90 Å². The van der Waals surface area contributed by atoms with Crippen molar-refractivity contribution in [2.24, 2.45) is 0 Å². The Hall–Kier alpha value is -1.50. The number of halogens is 2. The van der Waals surface area contributed by atoms with E-state index in [9.17, 15) is 8.78 Å². The molecule has 1 aromatic carbocycles. The van der Waals surface area contributed by atoms with E-state index >= 15 is 0 Å². The smallest absolute Gasteiger partial charge is 0.134 e. The minimum atomic E-state index is -0.563. The molecule has 1 saturated heterocycles. The molecule has 22 heavy (non-hydrogen) atoms. The van der Waals surface area contributed by atoms with Crippen molar-refractivity contribution in [2.45, 2.75) is 6.04 Å². The Balaban J connectivity index is 2.06. The number of rotatable bonds is 4. The largest absolute Gasteiger partial charge is 0.497 e. The standard InChI is InChI=1S/C16H18F2N2OS/c1-21-12-8-13(17)15(14(18)9-12)16(11-2-7-22-10-11)20-5-3-19-4-6-20/h2,7-10,16,19H,3-6H2,1H3/t16-/m1/s1. The van der Waals surface area contributed by atoms with Gasteiger partial charge in [-0.1, -0.05) is 0 Å². The normalized spacial score (nSPS) is 17.4. The van der Waals surface area contributed by atoms with Gasteiger partial charge < -0.3 is 10.1 Å². The summed E-state index contributed by atoms with van der Waals surface area (Å²) >= 11 is 1.53. The highest BCUT2D eigenvalue weighted by Gasteiger charge is 2.29. The van der Waals surface area contributed by atoms with Crippen LogP contribution in [0, 0.1) is 11.6 Å². The minimum Gasteiger partial charge on any atom is -0.497 e. The maximum absolute atomic E-state index is 14.5. The van der Waals surface area contributed by atoms with Crippen molar-refractivity contribution in [3.8, 4) is 5.75 Å². The molecule has 0 amide bonds.